The van der Waals surface area contributed by atoms with E-state index >= 15 is 0 Å². The molecule has 1 aromatic heterocycles. The quantitative estimate of drug-likeness (QED) is 0.850. The predicted octanol–water partition coefficient (Wildman–Crippen LogP) is 3.70. The molecule has 18 heavy (non-hydrogen) atoms. The summed E-state index contributed by atoms with van der Waals surface area (Å²) in [5, 5.41) is 1.06. The Kier molecular flexibility index (Phi) is 4.39. The number of pyridine rings is 1. The Bertz CT molecular complexity index is 509. The first-order valence-electron chi connectivity index (χ1n) is 6.05. The summed E-state index contributed by atoms with van der Waals surface area (Å²) in [6.07, 6.45) is 1.90. The molecule has 0 aliphatic heterocycles. The number of rotatable bonds is 4. The Balaban J connectivity index is 2.05. The lowest BCUT2D eigenvalue weighted by Gasteiger charge is -2.10. The fraction of sp³-hybridized carbons (Fsp3) is 0.267. The SMILES string of the molecule is Cc1cc(SCc2ccccc2)ncc1C(C)N. The van der Waals surface area contributed by atoms with Gasteiger partial charge in [-0.15, -0.1) is 11.8 Å². The largest absolute Gasteiger partial charge is 0.324 e. The number of aryl methyl sites for hydroxylation is 1. The van der Waals surface area contributed by atoms with Crippen molar-refractivity contribution >= 4 is 11.8 Å². The normalized spacial score (nSPS) is 12.4. The molecule has 1 aromatic carbocycles. The second kappa shape index (κ2) is 6.03. The van der Waals surface area contributed by atoms with Crippen LogP contribution in [0.3, 0.4) is 0 Å². The van der Waals surface area contributed by atoms with Gasteiger partial charge >= 0.3 is 0 Å². The molecule has 0 aliphatic rings. The molecule has 0 aliphatic carbocycles. The van der Waals surface area contributed by atoms with E-state index in [1.807, 2.05) is 19.2 Å². The first-order chi connectivity index (χ1) is 8.66. The van der Waals surface area contributed by atoms with Crippen LogP contribution in [0.15, 0.2) is 47.6 Å². The van der Waals surface area contributed by atoms with Gasteiger partial charge in [-0.3, -0.25) is 0 Å². The van der Waals surface area contributed by atoms with Crippen LogP contribution < -0.4 is 5.73 Å². The van der Waals surface area contributed by atoms with Crippen LogP contribution in [-0.2, 0) is 5.75 Å². The minimum absolute atomic E-state index is 0.0469. The maximum atomic E-state index is 5.88. The molecule has 2 aromatic rings. The summed E-state index contributed by atoms with van der Waals surface area (Å²) in [4.78, 5) is 4.46. The van der Waals surface area contributed by atoms with Gasteiger partial charge in [0.05, 0.1) is 5.03 Å². The number of nitrogens with two attached hydrogens (primary N) is 1. The highest BCUT2D eigenvalue weighted by molar-refractivity contribution is 7.98. The van der Waals surface area contributed by atoms with Crippen LogP contribution in [0.5, 0.6) is 0 Å². The lowest BCUT2D eigenvalue weighted by atomic mass is 10.1. The molecule has 0 saturated heterocycles. The van der Waals surface area contributed by atoms with Crippen molar-refractivity contribution in [1.29, 1.82) is 0 Å². The van der Waals surface area contributed by atoms with E-state index in [0.717, 1.165) is 16.3 Å². The van der Waals surface area contributed by atoms with Crippen LogP contribution in [0.25, 0.3) is 0 Å². The molecule has 3 heteroatoms. The van der Waals surface area contributed by atoms with Crippen LogP contribution in [0.2, 0.25) is 0 Å². The van der Waals surface area contributed by atoms with E-state index in [1.54, 1.807) is 11.8 Å². The molecule has 0 fully saturated rings. The topological polar surface area (TPSA) is 38.9 Å². The Morgan fingerprint density at radius 1 is 1.28 bits per heavy atom. The highest BCUT2D eigenvalue weighted by atomic mass is 32.2. The van der Waals surface area contributed by atoms with E-state index in [9.17, 15) is 0 Å². The maximum absolute atomic E-state index is 5.88. The van der Waals surface area contributed by atoms with Crippen LogP contribution in [-0.4, -0.2) is 4.98 Å². The maximum Gasteiger partial charge on any atom is 0.0965 e. The molecule has 0 amide bonds. The van der Waals surface area contributed by atoms with Crippen molar-refractivity contribution in [3.8, 4) is 0 Å². The molecule has 0 spiro atoms. The van der Waals surface area contributed by atoms with Gasteiger partial charge in [0.2, 0.25) is 0 Å². The Morgan fingerprint density at radius 3 is 2.61 bits per heavy atom. The van der Waals surface area contributed by atoms with E-state index in [2.05, 4.69) is 42.2 Å². The minimum atomic E-state index is 0.0469. The van der Waals surface area contributed by atoms with Gasteiger partial charge in [-0.25, -0.2) is 4.98 Å². The number of nitrogens with zero attached hydrogens (tertiary/aromatic N) is 1. The lowest BCUT2D eigenvalue weighted by molar-refractivity contribution is 0.796. The molecular weight excluding hydrogens is 240 g/mol. The monoisotopic (exact) mass is 258 g/mol. The second-order valence-corrected chi connectivity index (χ2v) is 5.44. The van der Waals surface area contributed by atoms with Gasteiger partial charge in [0.15, 0.2) is 0 Å². The van der Waals surface area contributed by atoms with Crippen molar-refractivity contribution < 1.29 is 0 Å². The van der Waals surface area contributed by atoms with E-state index in [4.69, 9.17) is 5.73 Å². The van der Waals surface area contributed by atoms with Gasteiger partial charge in [0.1, 0.15) is 0 Å². The number of hydrogen-bond donors (Lipinski definition) is 1. The first kappa shape index (κ1) is 13.1. The third-order valence-corrected chi connectivity index (χ3v) is 3.84. The molecule has 1 unspecified atom stereocenters. The Hall–Kier alpha value is -1.32. The van der Waals surface area contributed by atoms with E-state index in [-0.39, 0.29) is 6.04 Å². The van der Waals surface area contributed by atoms with Crippen molar-refractivity contribution in [2.75, 3.05) is 0 Å². The molecule has 1 atom stereocenters. The van der Waals surface area contributed by atoms with Crippen molar-refractivity contribution in [3.05, 3.63) is 59.3 Å². The molecular formula is C15H18N2S. The Morgan fingerprint density at radius 2 is 2.00 bits per heavy atom. The van der Waals surface area contributed by atoms with Gasteiger partial charge in [-0.1, -0.05) is 30.3 Å². The minimum Gasteiger partial charge on any atom is -0.324 e. The smallest absolute Gasteiger partial charge is 0.0965 e. The average molecular weight is 258 g/mol. The third kappa shape index (κ3) is 3.34. The zero-order chi connectivity index (χ0) is 13.0. The summed E-state index contributed by atoms with van der Waals surface area (Å²) in [5.74, 6) is 0.949. The van der Waals surface area contributed by atoms with Crippen LogP contribution >= 0.6 is 11.8 Å². The summed E-state index contributed by atoms with van der Waals surface area (Å²) < 4.78 is 0. The molecule has 94 valence electrons. The summed E-state index contributed by atoms with van der Waals surface area (Å²) in [5.41, 5.74) is 9.54. The highest BCUT2D eigenvalue weighted by Gasteiger charge is 2.06. The molecule has 2 N–H and O–H groups in total. The van der Waals surface area contributed by atoms with E-state index in [1.165, 1.54) is 11.1 Å². The average Bonchev–Trinajstić information content (AvgIpc) is 2.37. The summed E-state index contributed by atoms with van der Waals surface area (Å²) >= 11 is 1.76. The lowest BCUT2D eigenvalue weighted by Crippen LogP contribution is -2.07. The summed E-state index contributed by atoms with van der Waals surface area (Å²) in [6, 6.07) is 12.6. The van der Waals surface area contributed by atoms with Crippen LogP contribution in [0.4, 0.5) is 0 Å². The molecule has 0 saturated carbocycles. The van der Waals surface area contributed by atoms with Gasteiger partial charge in [-0.05, 0) is 36.6 Å². The van der Waals surface area contributed by atoms with Gasteiger partial charge in [0, 0.05) is 18.0 Å². The molecule has 2 rings (SSSR count). The number of hydrogen-bond acceptors (Lipinski definition) is 3. The van der Waals surface area contributed by atoms with Crippen molar-refractivity contribution in [1.82, 2.24) is 4.98 Å². The first-order valence-corrected chi connectivity index (χ1v) is 7.04. The van der Waals surface area contributed by atoms with E-state index in [0.29, 0.717) is 0 Å². The number of aromatic nitrogens is 1. The van der Waals surface area contributed by atoms with Crippen LogP contribution in [0, 0.1) is 6.92 Å². The standard InChI is InChI=1S/C15H18N2S/c1-11-8-15(17-9-14(11)12(2)16)18-10-13-6-4-3-5-7-13/h3-9,12H,10,16H2,1-2H3. The second-order valence-electron chi connectivity index (χ2n) is 4.44. The van der Waals surface area contributed by atoms with Crippen molar-refractivity contribution in [2.24, 2.45) is 5.73 Å². The zero-order valence-electron chi connectivity index (χ0n) is 10.8. The Labute approximate surface area is 113 Å². The molecule has 0 bridgehead atoms. The molecule has 1 heterocycles. The van der Waals surface area contributed by atoms with Crippen LogP contribution in [0.1, 0.15) is 29.7 Å². The fourth-order valence-corrected chi connectivity index (χ4v) is 2.72. The van der Waals surface area contributed by atoms with E-state index < -0.39 is 0 Å². The van der Waals surface area contributed by atoms with Gasteiger partial charge < -0.3 is 5.73 Å². The number of thioether (sulfide) groups is 1. The molecule has 2 nitrogen and oxygen atoms in total. The molecule has 0 radical (unpaired) electrons. The third-order valence-electron chi connectivity index (χ3n) is 2.85. The number of benzene rings is 1. The highest BCUT2D eigenvalue weighted by Crippen LogP contribution is 2.24. The summed E-state index contributed by atoms with van der Waals surface area (Å²) in [6.45, 7) is 4.08. The summed E-state index contributed by atoms with van der Waals surface area (Å²) in [7, 11) is 0. The van der Waals surface area contributed by atoms with Gasteiger partial charge in [0.25, 0.3) is 0 Å². The van der Waals surface area contributed by atoms with Crippen molar-refractivity contribution in [2.45, 2.75) is 30.7 Å². The fourth-order valence-electron chi connectivity index (χ4n) is 1.83. The predicted molar refractivity (Wildman–Crippen MR) is 77.6 cm³/mol. The van der Waals surface area contributed by atoms with Gasteiger partial charge in [-0.2, -0.15) is 0 Å². The van der Waals surface area contributed by atoms with Crippen molar-refractivity contribution in [3.63, 3.8) is 0 Å². The zero-order valence-corrected chi connectivity index (χ0v) is 11.6.